The van der Waals surface area contributed by atoms with Crippen LogP contribution in [0.1, 0.15) is 18.3 Å². The van der Waals surface area contributed by atoms with E-state index in [0.717, 1.165) is 5.56 Å². The van der Waals surface area contributed by atoms with Crippen molar-refractivity contribution >= 4 is 0 Å². The third-order valence-electron chi connectivity index (χ3n) is 2.46. The average molecular weight is 245 g/mol. The topological polar surface area (TPSA) is 81.0 Å². The second kappa shape index (κ2) is 5.46. The van der Waals surface area contributed by atoms with Gasteiger partial charge in [0, 0.05) is 13.0 Å². The van der Waals surface area contributed by atoms with E-state index in [4.69, 9.17) is 10.5 Å². The van der Waals surface area contributed by atoms with Gasteiger partial charge in [-0.1, -0.05) is 19.1 Å². The van der Waals surface area contributed by atoms with E-state index in [1.54, 1.807) is 6.07 Å². The lowest BCUT2D eigenvalue weighted by Crippen LogP contribution is -2.10. The van der Waals surface area contributed by atoms with Crippen molar-refractivity contribution in [3.63, 3.8) is 0 Å². The molecule has 0 radical (unpaired) electrons. The van der Waals surface area contributed by atoms with Crippen molar-refractivity contribution in [1.29, 1.82) is 0 Å². The molecule has 5 nitrogen and oxygen atoms in total. The number of nitrogens with one attached hydrogen (secondary N) is 1. The van der Waals surface area contributed by atoms with Crippen LogP contribution in [0.2, 0.25) is 0 Å². The van der Waals surface area contributed by atoms with Crippen LogP contribution in [-0.2, 0) is 13.0 Å². The number of nitrogens with zero attached hydrogens (tertiary/aromatic N) is 1. The van der Waals surface area contributed by atoms with Crippen LogP contribution in [0.4, 0.5) is 0 Å². The minimum atomic E-state index is -0.216. The van der Waals surface area contributed by atoms with Crippen molar-refractivity contribution in [2.75, 3.05) is 0 Å². The van der Waals surface area contributed by atoms with Crippen molar-refractivity contribution in [3.8, 4) is 11.6 Å². The average Bonchev–Trinajstić information content (AvgIpc) is 2.38. The van der Waals surface area contributed by atoms with Gasteiger partial charge < -0.3 is 15.5 Å². The molecule has 0 amide bonds. The molecule has 1 aromatic heterocycles. The van der Waals surface area contributed by atoms with Crippen LogP contribution < -0.4 is 16.0 Å². The predicted molar refractivity (Wildman–Crippen MR) is 68.6 cm³/mol. The third kappa shape index (κ3) is 2.95. The maximum atomic E-state index is 11.4. The molecule has 3 N–H and O–H groups in total. The number of nitrogens with two attached hydrogens (primary N) is 1. The molecule has 5 heteroatoms. The van der Waals surface area contributed by atoms with Crippen LogP contribution >= 0.6 is 0 Å². The summed E-state index contributed by atoms with van der Waals surface area (Å²) in [6.45, 7) is 2.36. The molecule has 0 bridgehead atoms. The first kappa shape index (κ1) is 12.3. The van der Waals surface area contributed by atoms with Crippen molar-refractivity contribution in [1.82, 2.24) is 9.97 Å². The highest BCUT2D eigenvalue weighted by Crippen LogP contribution is 2.19. The normalized spacial score (nSPS) is 10.3. The Hall–Kier alpha value is -2.14. The van der Waals surface area contributed by atoms with Crippen molar-refractivity contribution in [2.45, 2.75) is 19.9 Å². The SMILES string of the molecule is CCc1nc(Oc2cccc(CN)c2)cc(=O)[nH]1. The second-order valence-corrected chi connectivity index (χ2v) is 3.84. The van der Waals surface area contributed by atoms with E-state index in [9.17, 15) is 4.79 Å². The maximum Gasteiger partial charge on any atom is 0.254 e. The Bertz CT molecular complexity index is 593. The van der Waals surface area contributed by atoms with Gasteiger partial charge in [-0.3, -0.25) is 4.79 Å². The smallest absolute Gasteiger partial charge is 0.254 e. The molecule has 0 spiro atoms. The van der Waals surface area contributed by atoms with E-state index in [-0.39, 0.29) is 5.56 Å². The summed E-state index contributed by atoms with van der Waals surface area (Å²) >= 11 is 0. The summed E-state index contributed by atoms with van der Waals surface area (Å²) in [5.74, 6) is 1.52. The number of rotatable bonds is 4. The van der Waals surface area contributed by atoms with E-state index < -0.39 is 0 Å². The molecule has 0 aliphatic heterocycles. The van der Waals surface area contributed by atoms with Crippen LogP contribution in [0.25, 0.3) is 0 Å². The molecule has 0 saturated carbocycles. The monoisotopic (exact) mass is 245 g/mol. The molecule has 1 heterocycles. The van der Waals surface area contributed by atoms with Crippen LogP contribution in [0, 0.1) is 0 Å². The van der Waals surface area contributed by atoms with Gasteiger partial charge in [-0.05, 0) is 17.7 Å². The number of hydrogen-bond acceptors (Lipinski definition) is 4. The first-order chi connectivity index (χ1) is 8.71. The molecule has 0 aliphatic rings. The number of ether oxygens (including phenoxy) is 1. The summed E-state index contributed by atoms with van der Waals surface area (Å²) in [5.41, 5.74) is 6.31. The van der Waals surface area contributed by atoms with Crippen LogP contribution in [-0.4, -0.2) is 9.97 Å². The Kier molecular flexibility index (Phi) is 3.74. The Morgan fingerprint density at radius 2 is 2.22 bits per heavy atom. The van der Waals surface area contributed by atoms with Crippen LogP contribution in [0.3, 0.4) is 0 Å². The van der Waals surface area contributed by atoms with Gasteiger partial charge in [-0.2, -0.15) is 4.98 Å². The molecular formula is C13H15N3O2. The third-order valence-corrected chi connectivity index (χ3v) is 2.46. The van der Waals surface area contributed by atoms with Crippen molar-refractivity contribution in [3.05, 3.63) is 52.1 Å². The molecule has 1 aromatic carbocycles. The second-order valence-electron chi connectivity index (χ2n) is 3.84. The fourth-order valence-corrected chi connectivity index (χ4v) is 1.56. The highest BCUT2D eigenvalue weighted by Gasteiger charge is 2.03. The lowest BCUT2D eigenvalue weighted by Gasteiger charge is -2.06. The van der Waals surface area contributed by atoms with Gasteiger partial charge in [0.05, 0.1) is 6.07 Å². The van der Waals surface area contributed by atoms with Crippen LogP contribution in [0.15, 0.2) is 35.1 Å². The molecule has 0 fully saturated rings. The van der Waals surface area contributed by atoms with E-state index in [0.29, 0.717) is 30.4 Å². The fraction of sp³-hybridized carbons (Fsp3) is 0.231. The van der Waals surface area contributed by atoms with Gasteiger partial charge in [-0.15, -0.1) is 0 Å². The molecule has 0 aliphatic carbocycles. The van der Waals surface area contributed by atoms with Crippen LogP contribution in [0.5, 0.6) is 11.6 Å². The van der Waals surface area contributed by atoms with E-state index >= 15 is 0 Å². The van der Waals surface area contributed by atoms with Gasteiger partial charge in [0.15, 0.2) is 0 Å². The summed E-state index contributed by atoms with van der Waals surface area (Å²) in [4.78, 5) is 18.2. The largest absolute Gasteiger partial charge is 0.439 e. The lowest BCUT2D eigenvalue weighted by molar-refractivity contribution is 0.457. The molecule has 2 aromatic rings. The van der Waals surface area contributed by atoms with Gasteiger partial charge >= 0.3 is 0 Å². The van der Waals surface area contributed by atoms with Gasteiger partial charge in [0.2, 0.25) is 5.88 Å². The van der Waals surface area contributed by atoms with Gasteiger partial charge in [0.25, 0.3) is 5.56 Å². The number of benzene rings is 1. The summed E-state index contributed by atoms with van der Waals surface area (Å²) in [5, 5.41) is 0. The first-order valence-electron chi connectivity index (χ1n) is 5.78. The number of aromatic amines is 1. The number of aryl methyl sites for hydroxylation is 1. The Morgan fingerprint density at radius 3 is 2.94 bits per heavy atom. The van der Waals surface area contributed by atoms with Crippen molar-refractivity contribution < 1.29 is 4.74 Å². The molecular weight excluding hydrogens is 230 g/mol. The number of H-pyrrole nitrogens is 1. The standard InChI is InChI=1S/C13H15N3O2/c1-2-11-15-12(17)7-13(16-11)18-10-5-3-4-9(6-10)8-14/h3-7H,2,8,14H2,1H3,(H,15,16,17). The summed E-state index contributed by atoms with van der Waals surface area (Å²) in [6.07, 6.45) is 0.648. The Morgan fingerprint density at radius 1 is 1.39 bits per heavy atom. The van der Waals surface area contributed by atoms with E-state index in [1.165, 1.54) is 6.07 Å². The van der Waals surface area contributed by atoms with Gasteiger partial charge in [-0.25, -0.2) is 0 Å². The predicted octanol–water partition coefficient (Wildman–Crippen LogP) is 1.58. The Labute approximate surface area is 105 Å². The van der Waals surface area contributed by atoms with Crippen molar-refractivity contribution in [2.24, 2.45) is 5.73 Å². The Balaban J connectivity index is 2.27. The summed E-state index contributed by atoms with van der Waals surface area (Å²) in [7, 11) is 0. The molecule has 0 saturated heterocycles. The summed E-state index contributed by atoms with van der Waals surface area (Å²) < 4.78 is 5.56. The zero-order valence-corrected chi connectivity index (χ0v) is 10.1. The molecule has 2 rings (SSSR count). The van der Waals surface area contributed by atoms with E-state index in [1.807, 2.05) is 25.1 Å². The molecule has 0 atom stereocenters. The maximum absolute atomic E-state index is 11.4. The zero-order chi connectivity index (χ0) is 13.0. The minimum absolute atomic E-state index is 0.216. The molecule has 0 unspecified atom stereocenters. The number of hydrogen-bond donors (Lipinski definition) is 2. The lowest BCUT2D eigenvalue weighted by atomic mass is 10.2. The zero-order valence-electron chi connectivity index (χ0n) is 10.1. The fourth-order valence-electron chi connectivity index (χ4n) is 1.56. The minimum Gasteiger partial charge on any atom is -0.439 e. The highest BCUT2D eigenvalue weighted by molar-refractivity contribution is 5.31. The summed E-state index contributed by atoms with van der Waals surface area (Å²) in [6, 6.07) is 8.72. The molecule has 18 heavy (non-hydrogen) atoms. The quantitative estimate of drug-likeness (QED) is 0.857. The number of aromatic nitrogens is 2. The highest BCUT2D eigenvalue weighted by atomic mass is 16.5. The van der Waals surface area contributed by atoms with Gasteiger partial charge in [0.1, 0.15) is 11.6 Å². The first-order valence-corrected chi connectivity index (χ1v) is 5.78. The van der Waals surface area contributed by atoms with E-state index in [2.05, 4.69) is 9.97 Å². The molecule has 94 valence electrons.